The predicted molar refractivity (Wildman–Crippen MR) is 138 cm³/mol. The fourth-order valence-corrected chi connectivity index (χ4v) is 3.73. The molecule has 0 unspecified atom stereocenters. The second kappa shape index (κ2) is 10.4. The summed E-state index contributed by atoms with van der Waals surface area (Å²) in [4.78, 5) is 39.6. The van der Waals surface area contributed by atoms with Gasteiger partial charge in [-0.15, -0.1) is 0 Å². The van der Waals surface area contributed by atoms with E-state index in [1.54, 1.807) is 41.1 Å². The number of nitrogens with two attached hydrogens (primary N) is 1. The number of primary amides is 1. The second-order valence-corrected chi connectivity index (χ2v) is 8.36. The van der Waals surface area contributed by atoms with Crippen molar-refractivity contribution < 1.29 is 14.3 Å². The van der Waals surface area contributed by atoms with Crippen LogP contribution in [0.25, 0.3) is 17.3 Å². The number of benzene rings is 2. The fraction of sp³-hybridized carbons (Fsp3) is 0.200. The minimum Gasteiger partial charge on any atom is -0.378 e. The van der Waals surface area contributed by atoms with Crippen molar-refractivity contribution in [2.75, 3.05) is 41.8 Å². The molecule has 0 spiro atoms. The summed E-state index contributed by atoms with van der Waals surface area (Å²) in [6.07, 6.45) is 1.81. The summed E-state index contributed by atoms with van der Waals surface area (Å²) in [7, 11) is 0. The Morgan fingerprint density at radius 2 is 1.49 bits per heavy atom. The standard InChI is InChI=1S/C25H25N9O3/c1-16-10-11-34(32-16)24-30-22(29-23(31-24)33-12-14-37-15-13-33)18-4-8-20(9-5-18)28-25(36)27-19-6-2-17(3-7-19)21(26)35/h2-11H,12-15H2,1H3,(H2,26,35)(H2,27,28,36). The van der Waals surface area contributed by atoms with Crippen LogP contribution in [-0.4, -0.2) is 63.0 Å². The van der Waals surface area contributed by atoms with E-state index < -0.39 is 11.9 Å². The molecule has 12 nitrogen and oxygen atoms in total. The number of rotatable bonds is 6. The Kier molecular flexibility index (Phi) is 6.72. The van der Waals surface area contributed by atoms with Gasteiger partial charge in [0.2, 0.25) is 11.9 Å². The van der Waals surface area contributed by atoms with Gasteiger partial charge in [-0.25, -0.2) is 9.48 Å². The number of ether oxygens (including phenoxy) is 1. The lowest BCUT2D eigenvalue weighted by molar-refractivity contribution is 0.1000. The topological polar surface area (TPSA) is 153 Å². The van der Waals surface area contributed by atoms with Crippen molar-refractivity contribution in [3.05, 3.63) is 72.1 Å². The lowest BCUT2D eigenvalue weighted by Crippen LogP contribution is -2.37. The second-order valence-electron chi connectivity index (χ2n) is 8.36. The van der Waals surface area contributed by atoms with Crippen LogP contribution in [0.3, 0.4) is 0 Å². The summed E-state index contributed by atoms with van der Waals surface area (Å²) in [5.41, 5.74) is 8.33. The summed E-state index contributed by atoms with van der Waals surface area (Å²) in [5.74, 6) is 0.937. The summed E-state index contributed by atoms with van der Waals surface area (Å²) >= 11 is 0. The van der Waals surface area contributed by atoms with Gasteiger partial charge in [0.25, 0.3) is 5.95 Å². The normalized spacial score (nSPS) is 13.3. The van der Waals surface area contributed by atoms with Crippen LogP contribution in [0.5, 0.6) is 0 Å². The SMILES string of the molecule is Cc1ccn(-c2nc(-c3ccc(NC(=O)Nc4ccc(C(N)=O)cc4)cc3)nc(N3CCOCC3)n2)n1. The third-order valence-electron chi connectivity index (χ3n) is 5.66. The van der Waals surface area contributed by atoms with Crippen LogP contribution in [0.2, 0.25) is 0 Å². The van der Waals surface area contributed by atoms with Gasteiger partial charge in [-0.05, 0) is 61.5 Å². The monoisotopic (exact) mass is 499 g/mol. The molecule has 1 fully saturated rings. The maximum Gasteiger partial charge on any atom is 0.323 e. The molecule has 5 rings (SSSR count). The first kappa shape index (κ1) is 23.9. The van der Waals surface area contributed by atoms with E-state index in [9.17, 15) is 9.59 Å². The molecule has 12 heteroatoms. The van der Waals surface area contributed by atoms with Crippen molar-refractivity contribution >= 4 is 29.3 Å². The highest BCUT2D eigenvalue weighted by Gasteiger charge is 2.18. The molecule has 0 saturated carbocycles. The molecule has 0 radical (unpaired) electrons. The van der Waals surface area contributed by atoms with Crippen molar-refractivity contribution in [1.82, 2.24) is 24.7 Å². The Morgan fingerprint density at radius 1 is 0.865 bits per heavy atom. The Hall–Kier alpha value is -4.84. The Labute approximate surface area is 212 Å². The van der Waals surface area contributed by atoms with E-state index in [0.29, 0.717) is 61.0 Å². The summed E-state index contributed by atoms with van der Waals surface area (Å²) in [5, 5.41) is 9.93. The van der Waals surface area contributed by atoms with Crippen LogP contribution in [0, 0.1) is 6.92 Å². The number of hydrogen-bond acceptors (Lipinski definition) is 8. The van der Waals surface area contributed by atoms with E-state index in [-0.39, 0.29) is 0 Å². The number of amides is 3. The van der Waals surface area contributed by atoms with Crippen molar-refractivity contribution in [2.45, 2.75) is 6.92 Å². The number of morpholine rings is 1. The molecule has 188 valence electrons. The highest BCUT2D eigenvalue weighted by molar-refractivity contribution is 6.00. The molecule has 0 aliphatic carbocycles. The van der Waals surface area contributed by atoms with Gasteiger partial charge in [0, 0.05) is 41.8 Å². The first-order chi connectivity index (χ1) is 17.9. The number of nitrogens with zero attached hydrogens (tertiary/aromatic N) is 6. The zero-order valence-electron chi connectivity index (χ0n) is 20.1. The van der Waals surface area contributed by atoms with Gasteiger partial charge in [-0.2, -0.15) is 20.1 Å². The van der Waals surface area contributed by atoms with E-state index in [1.165, 1.54) is 0 Å². The lowest BCUT2D eigenvalue weighted by Gasteiger charge is -2.27. The van der Waals surface area contributed by atoms with Crippen LogP contribution in [0.4, 0.5) is 22.1 Å². The van der Waals surface area contributed by atoms with Crippen LogP contribution in [0.1, 0.15) is 16.1 Å². The maximum atomic E-state index is 12.4. The summed E-state index contributed by atoms with van der Waals surface area (Å²) < 4.78 is 7.09. The lowest BCUT2D eigenvalue weighted by atomic mass is 10.2. The molecule has 3 heterocycles. The number of carbonyl (C=O) groups excluding carboxylic acids is 2. The highest BCUT2D eigenvalue weighted by Crippen LogP contribution is 2.22. The van der Waals surface area contributed by atoms with E-state index in [4.69, 9.17) is 15.5 Å². The smallest absolute Gasteiger partial charge is 0.323 e. The zero-order valence-corrected chi connectivity index (χ0v) is 20.1. The van der Waals surface area contributed by atoms with Gasteiger partial charge in [0.15, 0.2) is 5.82 Å². The molecule has 1 aliphatic rings. The summed E-state index contributed by atoms with van der Waals surface area (Å²) in [6, 6.07) is 14.9. The van der Waals surface area contributed by atoms with Crippen LogP contribution < -0.4 is 21.3 Å². The average Bonchev–Trinajstić information content (AvgIpc) is 3.36. The van der Waals surface area contributed by atoms with Gasteiger partial charge in [-0.3, -0.25) is 4.79 Å². The van der Waals surface area contributed by atoms with E-state index in [0.717, 1.165) is 11.3 Å². The first-order valence-corrected chi connectivity index (χ1v) is 11.6. The van der Waals surface area contributed by atoms with E-state index >= 15 is 0 Å². The molecule has 0 atom stereocenters. The largest absolute Gasteiger partial charge is 0.378 e. The number of hydrogen-bond donors (Lipinski definition) is 3. The number of nitrogens with one attached hydrogen (secondary N) is 2. The highest BCUT2D eigenvalue weighted by atomic mass is 16.5. The van der Waals surface area contributed by atoms with Gasteiger partial charge in [0.1, 0.15) is 0 Å². The van der Waals surface area contributed by atoms with Crippen molar-refractivity contribution in [3.63, 3.8) is 0 Å². The molecule has 0 bridgehead atoms. The molecule has 3 amide bonds. The molecule has 1 aliphatic heterocycles. The first-order valence-electron chi connectivity index (χ1n) is 11.6. The van der Waals surface area contributed by atoms with Crippen LogP contribution >= 0.6 is 0 Å². The van der Waals surface area contributed by atoms with Gasteiger partial charge >= 0.3 is 6.03 Å². The van der Waals surface area contributed by atoms with E-state index in [1.807, 2.05) is 31.3 Å². The Bertz CT molecular complexity index is 1410. The third kappa shape index (κ3) is 5.70. The van der Waals surface area contributed by atoms with Gasteiger partial charge < -0.3 is 26.0 Å². The van der Waals surface area contributed by atoms with Gasteiger partial charge in [-0.1, -0.05) is 0 Å². The molecule has 4 aromatic rings. The predicted octanol–water partition coefficient (Wildman–Crippen LogP) is 2.61. The van der Waals surface area contributed by atoms with Crippen molar-refractivity contribution in [2.24, 2.45) is 5.73 Å². The molecule has 2 aromatic carbocycles. The van der Waals surface area contributed by atoms with Crippen LogP contribution in [-0.2, 0) is 4.74 Å². The number of aryl methyl sites for hydroxylation is 1. The minimum atomic E-state index is -0.529. The Balaban J connectivity index is 1.34. The number of anilines is 3. The maximum absolute atomic E-state index is 12.4. The van der Waals surface area contributed by atoms with Gasteiger partial charge in [0.05, 0.1) is 18.9 Å². The molecule has 1 saturated heterocycles. The van der Waals surface area contributed by atoms with Crippen molar-refractivity contribution in [3.8, 4) is 17.3 Å². The number of aromatic nitrogens is 5. The summed E-state index contributed by atoms with van der Waals surface area (Å²) in [6.45, 7) is 4.48. The molecule has 4 N–H and O–H groups in total. The van der Waals surface area contributed by atoms with Crippen LogP contribution in [0.15, 0.2) is 60.8 Å². The molecule has 2 aromatic heterocycles. The molecular weight excluding hydrogens is 474 g/mol. The zero-order chi connectivity index (χ0) is 25.8. The van der Waals surface area contributed by atoms with E-state index in [2.05, 4.69) is 30.6 Å². The minimum absolute atomic E-state index is 0.363. The molecule has 37 heavy (non-hydrogen) atoms. The molecular formula is C25H25N9O3. The fourth-order valence-electron chi connectivity index (χ4n) is 3.73. The Morgan fingerprint density at radius 3 is 2.08 bits per heavy atom. The number of carbonyl (C=O) groups is 2. The third-order valence-corrected chi connectivity index (χ3v) is 5.66. The van der Waals surface area contributed by atoms with Crippen molar-refractivity contribution in [1.29, 1.82) is 0 Å². The average molecular weight is 500 g/mol. The quantitative estimate of drug-likeness (QED) is 0.366. The number of urea groups is 1.